The maximum Gasteiger partial charge on any atom is 0.270 e. The molecule has 148 valence electrons. The monoisotopic (exact) mass is 382 g/mol. The first-order valence-electron chi connectivity index (χ1n) is 9.64. The van der Waals surface area contributed by atoms with Gasteiger partial charge in [0.1, 0.15) is 23.3 Å². The van der Waals surface area contributed by atoms with Crippen molar-refractivity contribution in [2.24, 2.45) is 13.0 Å². The van der Waals surface area contributed by atoms with Gasteiger partial charge in [0.2, 0.25) is 5.91 Å². The lowest BCUT2D eigenvalue weighted by Crippen LogP contribution is -2.40. The molecular formula is C21H26N4O3. The van der Waals surface area contributed by atoms with E-state index in [1.54, 1.807) is 23.9 Å². The molecule has 1 aliphatic heterocycles. The predicted octanol–water partition coefficient (Wildman–Crippen LogP) is 2.75. The fourth-order valence-electron chi connectivity index (χ4n) is 3.67. The maximum absolute atomic E-state index is 12.8. The smallest absolute Gasteiger partial charge is 0.270 e. The Balaban J connectivity index is 1.47. The summed E-state index contributed by atoms with van der Waals surface area (Å²) in [5.41, 5.74) is 1.02. The zero-order chi connectivity index (χ0) is 20.1. The Morgan fingerprint density at radius 1 is 1.39 bits per heavy atom. The molecule has 1 saturated heterocycles. The van der Waals surface area contributed by atoms with Gasteiger partial charge in [-0.05, 0) is 50.3 Å². The summed E-state index contributed by atoms with van der Waals surface area (Å²) >= 11 is 0. The molecule has 1 atom stereocenters. The molecule has 1 unspecified atom stereocenters. The fraction of sp³-hybridized carbons (Fsp3) is 0.476. The summed E-state index contributed by atoms with van der Waals surface area (Å²) in [6.45, 7) is 3.64. The van der Waals surface area contributed by atoms with Crippen molar-refractivity contribution in [1.82, 2.24) is 14.8 Å². The van der Waals surface area contributed by atoms with E-state index < -0.39 is 0 Å². The second-order valence-electron chi connectivity index (χ2n) is 7.42. The number of rotatable bonds is 6. The van der Waals surface area contributed by atoms with Crippen LogP contribution in [0.1, 0.15) is 53.3 Å². The first-order valence-corrected chi connectivity index (χ1v) is 9.64. The van der Waals surface area contributed by atoms with Crippen LogP contribution in [-0.4, -0.2) is 34.4 Å². The summed E-state index contributed by atoms with van der Waals surface area (Å²) in [6, 6.07) is 7.44. The van der Waals surface area contributed by atoms with E-state index in [0.717, 1.165) is 30.8 Å². The molecule has 0 saturated carbocycles. The van der Waals surface area contributed by atoms with Crippen molar-refractivity contribution in [1.29, 1.82) is 5.26 Å². The Morgan fingerprint density at radius 2 is 2.21 bits per heavy atom. The Labute approximate surface area is 164 Å². The van der Waals surface area contributed by atoms with Gasteiger partial charge in [-0.2, -0.15) is 5.26 Å². The summed E-state index contributed by atoms with van der Waals surface area (Å²) in [4.78, 5) is 26.8. The molecule has 2 aromatic rings. The zero-order valence-corrected chi connectivity index (χ0v) is 16.4. The number of carbonyl (C=O) groups excluding carboxylic acids is 2. The highest BCUT2D eigenvalue weighted by Crippen LogP contribution is 2.23. The van der Waals surface area contributed by atoms with Gasteiger partial charge in [0.05, 0.1) is 12.1 Å². The third-order valence-corrected chi connectivity index (χ3v) is 5.19. The van der Waals surface area contributed by atoms with Gasteiger partial charge in [0.15, 0.2) is 0 Å². The lowest BCUT2D eigenvalue weighted by atomic mass is 9.93. The average molecular weight is 382 g/mol. The van der Waals surface area contributed by atoms with E-state index in [2.05, 4.69) is 11.4 Å². The number of nitrogens with one attached hydrogen (secondary N) is 1. The number of nitriles is 1. The average Bonchev–Trinajstić information content (AvgIpc) is 3.29. The number of piperidine rings is 1. The topological polar surface area (TPSA) is 91.3 Å². The molecule has 1 N–H and O–H groups in total. The Morgan fingerprint density at radius 3 is 2.89 bits per heavy atom. The molecule has 2 amide bonds. The van der Waals surface area contributed by atoms with Crippen molar-refractivity contribution in [3.05, 3.63) is 47.2 Å². The largest absolute Gasteiger partial charge is 0.465 e. The van der Waals surface area contributed by atoms with Gasteiger partial charge in [-0.25, -0.2) is 0 Å². The van der Waals surface area contributed by atoms with Gasteiger partial charge in [-0.1, -0.05) is 0 Å². The number of hydrogen-bond acceptors (Lipinski definition) is 4. The minimum absolute atomic E-state index is 0.00130. The third-order valence-electron chi connectivity index (χ3n) is 5.19. The summed E-state index contributed by atoms with van der Waals surface area (Å²) in [5, 5.41) is 11.9. The van der Waals surface area contributed by atoms with Crippen LogP contribution in [0.3, 0.4) is 0 Å². The van der Waals surface area contributed by atoms with Gasteiger partial charge in [-0.3, -0.25) is 9.59 Å². The second kappa shape index (κ2) is 8.79. The first-order chi connectivity index (χ1) is 13.5. The van der Waals surface area contributed by atoms with Crippen LogP contribution in [0.2, 0.25) is 0 Å². The lowest BCUT2D eigenvalue weighted by molar-refractivity contribution is -0.121. The Kier molecular flexibility index (Phi) is 6.19. The van der Waals surface area contributed by atoms with E-state index in [4.69, 9.17) is 9.68 Å². The molecule has 1 fully saturated rings. The minimum atomic E-state index is -0.0497. The number of hydrogen-bond donors (Lipinski definition) is 1. The highest BCUT2D eigenvalue weighted by atomic mass is 16.3. The standard InChI is InChI=1S/C21H26N4O3/c1-15-5-7-18(28-15)12-23-20(26)8-6-16-4-3-9-25(14-16)21(27)19-10-17(11-22)13-24(19)2/h5,7,10,13,16H,3-4,6,8-9,12,14H2,1-2H3,(H,23,26). The molecule has 1 aliphatic rings. The summed E-state index contributed by atoms with van der Waals surface area (Å²) < 4.78 is 7.15. The normalized spacial score (nSPS) is 16.6. The number of amides is 2. The second-order valence-corrected chi connectivity index (χ2v) is 7.42. The van der Waals surface area contributed by atoms with Crippen LogP contribution < -0.4 is 5.32 Å². The van der Waals surface area contributed by atoms with Gasteiger partial charge in [0, 0.05) is 32.8 Å². The predicted molar refractivity (Wildman–Crippen MR) is 103 cm³/mol. The third kappa shape index (κ3) is 4.83. The molecule has 7 heteroatoms. The first kappa shape index (κ1) is 19.7. The molecule has 0 bridgehead atoms. The minimum Gasteiger partial charge on any atom is -0.465 e. The molecule has 3 rings (SSSR count). The zero-order valence-electron chi connectivity index (χ0n) is 16.4. The highest BCUT2D eigenvalue weighted by Gasteiger charge is 2.26. The van der Waals surface area contributed by atoms with Crippen LogP contribution in [0.25, 0.3) is 0 Å². The number of furan rings is 1. The molecule has 3 heterocycles. The van der Waals surface area contributed by atoms with E-state index in [-0.39, 0.29) is 11.8 Å². The Hall–Kier alpha value is -3.01. The van der Waals surface area contributed by atoms with Crippen molar-refractivity contribution >= 4 is 11.8 Å². The lowest BCUT2D eigenvalue weighted by Gasteiger charge is -2.32. The highest BCUT2D eigenvalue weighted by molar-refractivity contribution is 5.93. The van der Waals surface area contributed by atoms with Crippen molar-refractivity contribution < 1.29 is 14.0 Å². The number of likely N-dealkylation sites (tertiary alicyclic amines) is 1. The van der Waals surface area contributed by atoms with E-state index in [1.807, 2.05) is 24.0 Å². The van der Waals surface area contributed by atoms with Crippen molar-refractivity contribution in [3.8, 4) is 6.07 Å². The molecule has 0 aromatic carbocycles. The fourth-order valence-corrected chi connectivity index (χ4v) is 3.67. The number of aryl methyl sites for hydroxylation is 2. The maximum atomic E-state index is 12.8. The summed E-state index contributed by atoms with van der Waals surface area (Å²) in [6.07, 6.45) is 4.81. The van der Waals surface area contributed by atoms with Gasteiger partial charge in [-0.15, -0.1) is 0 Å². The van der Waals surface area contributed by atoms with Crippen LogP contribution in [0.15, 0.2) is 28.8 Å². The van der Waals surface area contributed by atoms with Crippen LogP contribution in [0.4, 0.5) is 0 Å². The van der Waals surface area contributed by atoms with Gasteiger partial charge in [0.25, 0.3) is 5.91 Å². The van der Waals surface area contributed by atoms with Crippen molar-refractivity contribution in [2.75, 3.05) is 13.1 Å². The van der Waals surface area contributed by atoms with E-state index in [9.17, 15) is 9.59 Å². The van der Waals surface area contributed by atoms with Crippen LogP contribution in [0.5, 0.6) is 0 Å². The molecule has 0 aliphatic carbocycles. The van der Waals surface area contributed by atoms with Gasteiger partial charge < -0.3 is 19.2 Å². The molecule has 28 heavy (non-hydrogen) atoms. The molecule has 2 aromatic heterocycles. The van der Waals surface area contributed by atoms with Crippen molar-refractivity contribution in [2.45, 2.75) is 39.2 Å². The SMILES string of the molecule is Cc1ccc(CNC(=O)CCC2CCCN(C(=O)c3cc(C#N)cn3C)C2)o1. The van der Waals surface area contributed by atoms with Crippen LogP contribution in [-0.2, 0) is 18.4 Å². The van der Waals surface area contributed by atoms with Gasteiger partial charge >= 0.3 is 0 Å². The molecule has 0 radical (unpaired) electrons. The number of carbonyl (C=O) groups is 2. The Bertz CT molecular complexity index is 890. The van der Waals surface area contributed by atoms with Crippen molar-refractivity contribution in [3.63, 3.8) is 0 Å². The summed E-state index contributed by atoms with van der Waals surface area (Å²) in [7, 11) is 1.78. The van der Waals surface area contributed by atoms with Crippen LogP contribution >= 0.6 is 0 Å². The van der Waals surface area contributed by atoms with Crippen LogP contribution in [0, 0.1) is 24.2 Å². The number of nitrogens with zero attached hydrogens (tertiary/aromatic N) is 3. The van der Waals surface area contributed by atoms with E-state index in [1.165, 1.54) is 0 Å². The quantitative estimate of drug-likeness (QED) is 0.832. The van der Waals surface area contributed by atoms with E-state index >= 15 is 0 Å². The molecule has 7 nitrogen and oxygen atoms in total. The summed E-state index contributed by atoms with van der Waals surface area (Å²) in [5.74, 6) is 1.84. The van der Waals surface area contributed by atoms with E-state index in [0.29, 0.717) is 43.2 Å². The number of aromatic nitrogens is 1. The molecular weight excluding hydrogens is 356 g/mol. The molecule has 0 spiro atoms.